The highest BCUT2D eigenvalue weighted by molar-refractivity contribution is 6.76. The molecule has 1 aromatic carbocycles. The van der Waals surface area contributed by atoms with E-state index in [4.69, 9.17) is 14.2 Å². The van der Waals surface area contributed by atoms with E-state index in [1.807, 2.05) is 31.7 Å². The molecule has 4 aliphatic rings. The van der Waals surface area contributed by atoms with Crippen LogP contribution in [0, 0.1) is 5.92 Å². The molecule has 0 radical (unpaired) electrons. The van der Waals surface area contributed by atoms with Gasteiger partial charge < -0.3 is 19.1 Å². The van der Waals surface area contributed by atoms with Gasteiger partial charge in [0.15, 0.2) is 0 Å². The van der Waals surface area contributed by atoms with E-state index < -0.39 is 19.7 Å². The molecule has 0 spiro atoms. The van der Waals surface area contributed by atoms with Gasteiger partial charge in [-0.3, -0.25) is 24.2 Å². The molecule has 0 aromatic heterocycles. The Bertz CT molecular complexity index is 1240. The summed E-state index contributed by atoms with van der Waals surface area (Å²) < 4.78 is 17.6. The van der Waals surface area contributed by atoms with Crippen LogP contribution < -0.4 is 4.74 Å². The van der Waals surface area contributed by atoms with Crippen LogP contribution in [0.15, 0.2) is 18.2 Å². The number of hydrogen-bond donors (Lipinski definition) is 0. The first-order valence-electron chi connectivity index (χ1n) is 15.2. The van der Waals surface area contributed by atoms with E-state index in [0.717, 1.165) is 35.8 Å². The normalized spacial score (nSPS) is 25.9. The van der Waals surface area contributed by atoms with Gasteiger partial charge >= 0.3 is 6.09 Å². The minimum Gasteiger partial charge on any atom is -0.491 e. The van der Waals surface area contributed by atoms with Crippen molar-refractivity contribution in [2.45, 2.75) is 109 Å². The Morgan fingerprint density at radius 3 is 2.55 bits per heavy atom. The molecule has 3 heterocycles. The summed E-state index contributed by atoms with van der Waals surface area (Å²) in [6, 6.07) is 5.75. The molecular formula is C31H45N3O7Si. The standard InChI is InChI=1S/C31H45N3O7Si/c1-31(2,3)41-30(38)34-22-8-7-20(15-22)26(34)18-40-23-9-10-24-21(16-23)17-32(28(24)36)25-11-12-27(35)33(29(25)37)19-39-13-14-42(4,5)6/h9-10,16,20,22,25-26H,7-8,11-15,17-19H2,1-6H3/t20-,22+,25?,26+/m0/s1. The minimum atomic E-state index is -1.30. The fourth-order valence-corrected chi connectivity index (χ4v) is 7.29. The zero-order valence-corrected chi connectivity index (χ0v) is 26.8. The SMILES string of the molecule is CC(C)(C)OC(=O)N1[C@@H]2CC[C@@H](C2)[C@H]1COc1ccc2c(c1)CN(C1CCC(=O)N(COCC[Si](C)(C)C)C1=O)C2=O. The van der Waals surface area contributed by atoms with Crippen molar-refractivity contribution in [3.63, 3.8) is 0 Å². The Labute approximate surface area is 249 Å². The minimum absolute atomic E-state index is 0.0543. The fraction of sp³-hybridized carbons (Fsp3) is 0.677. The van der Waals surface area contributed by atoms with Gasteiger partial charge in [0, 0.05) is 39.3 Å². The van der Waals surface area contributed by atoms with Crippen molar-refractivity contribution in [2.75, 3.05) is 19.9 Å². The van der Waals surface area contributed by atoms with Crippen LogP contribution >= 0.6 is 0 Å². The Morgan fingerprint density at radius 1 is 1.07 bits per heavy atom. The summed E-state index contributed by atoms with van der Waals surface area (Å²) in [6.07, 6.45) is 3.25. The molecule has 10 nitrogen and oxygen atoms in total. The van der Waals surface area contributed by atoms with Crippen molar-refractivity contribution in [3.8, 4) is 5.75 Å². The lowest BCUT2D eigenvalue weighted by atomic mass is 9.99. The molecule has 1 unspecified atom stereocenters. The molecule has 0 N–H and O–H groups in total. The van der Waals surface area contributed by atoms with Gasteiger partial charge in [-0.2, -0.15) is 0 Å². The van der Waals surface area contributed by atoms with Crippen LogP contribution in [0.4, 0.5) is 4.79 Å². The smallest absolute Gasteiger partial charge is 0.410 e. The van der Waals surface area contributed by atoms with Gasteiger partial charge in [-0.05, 0) is 82.2 Å². The summed E-state index contributed by atoms with van der Waals surface area (Å²) in [6.45, 7) is 13.4. The van der Waals surface area contributed by atoms with Crippen molar-refractivity contribution in [3.05, 3.63) is 29.3 Å². The lowest BCUT2D eigenvalue weighted by Gasteiger charge is -2.36. The predicted molar refractivity (Wildman–Crippen MR) is 159 cm³/mol. The van der Waals surface area contributed by atoms with Gasteiger partial charge in [0.1, 0.15) is 30.7 Å². The van der Waals surface area contributed by atoms with Gasteiger partial charge in [-0.25, -0.2) is 4.79 Å². The van der Waals surface area contributed by atoms with Crippen LogP contribution in [0.2, 0.25) is 25.7 Å². The molecule has 11 heteroatoms. The third-order valence-corrected chi connectivity index (χ3v) is 10.5. The zero-order valence-electron chi connectivity index (χ0n) is 25.8. The number of benzene rings is 1. The third-order valence-electron chi connectivity index (χ3n) is 8.75. The molecule has 2 bridgehead atoms. The monoisotopic (exact) mass is 599 g/mol. The van der Waals surface area contributed by atoms with Crippen LogP contribution in [0.1, 0.15) is 68.8 Å². The zero-order chi connectivity index (χ0) is 30.4. The average Bonchev–Trinajstić information content (AvgIpc) is 3.59. The van der Waals surface area contributed by atoms with E-state index >= 15 is 0 Å². The highest BCUT2D eigenvalue weighted by atomic mass is 28.3. The number of rotatable bonds is 9. The van der Waals surface area contributed by atoms with E-state index in [2.05, 4.69) is 19.6 Å². The van der Waals surface area contributed by atoms with E-state index in [-0.39, 0.29) is 55.6 Å². The first-order chi connectivity index (χ1) is 19.7. The summed E-state index contributed by atoms with van der Waals surface area (Å²) in [4.78, 5) is 56.8. The van der Waals surface area contributed by atoms with Crippen molar-refractivity contribution < 1.29 is 33.4 Å². The molecule has 5 rings (SSSR count). The number of ether oxygens (including phenoxy) is 3. The molecule has 42 heavy (non-hydrogen) atoms. The molecule has 3 fully saturated rings. The summed E-state index contributed by atoms with van der Waals surface area (Å²) in [5.74, 6) is 0.156. The number of carbonyl (C=O) groups is 4. The van der Waals surface area contributed by atoms with Gasteiger partial charge in [0.05, 0.1) is 6.04 Å². The Hall–Kier alpha value is -2.92. The number of nitrogens with zero attached hydrogens (tertiary/aromatic N) is 3. The number of likely N-dealkylation sites (tertiary alicyclic amines) is 2. The van der Waals surface area contributed by atoms with E-state index in [9.17, 15) is 19.2 Å². The third kappa shape index (κ3) is 6.51. The maximum absolute atomic E-state index is 13.3. The Kier molecular flexibility index (Phi) is 8.46. The molecule has 4 amide bonds. The molecule has 230 valence electrons. The average molecular weight is 600 g/mol. The molecule has 2 saturated heterocycles. The maximum Gasteiger partial charge on any atom is 0.410 e. The number of imide groups is 1. The molecular weight excluding hydrogens is 554 g/mol. The van der Waals surface area contributed by atoms with Crippen LogP contribution in [0.25, 0.3) is 0 Å². The molecule has 1 saturated carbocycles. The number of carbonyl (C=O) groups excluding carboxylic acids is 4. The fourth-order valence-electron chi connectivity index (χ4n) is 6.53. The molecule has 4 atom stereocenters. The van der Waals surface area contributed by atoms with Crippen LogP contribution in [0.5, 0.6) is 5.75 Å². The summed E-state index contributed by atoms with van der Waals surface area (Å²) >= 11 is 0. The molecule has 1 aliphatic carbocycles. The maximum atomic E-state index is 13.3. The van der Waals surface area contributed by atoms with Crippen molar-refractivity contribution in [1.82, 2.24) is 14.7 Å². The molecule has 1 aromatic rings. The van der Waals surface area contributed by atoms with E-state index in [1.54, 1.807) is 17.0 Å². The highest BCUT2D eigenvalue weighted by Gasteiger charge is 2.50. The Balaban J connectivity index is 1.21. The Morgan fingerprint density at radius 2 is 1.83 bits per heavy atom. The van der Waals surface area contributed by atoms with Crippen LogP contribution in [-0.4, -0.2) is 90.3 Å². The number of hydrogen-bond acceptors (Lipinski definition) is 7. The first-order valence-corrected chi connectivity index (χ1v) is 18.9. The van der Waals surface area contributed by atoms with Gasteiger partial charge in [-0.1, -0.05) is 19.6 Å². The van der Waals surface area contributed by atoms with E-state index in [1.165, 1.54) is 0 Å². The second-order valence-corrected chi connectivity index (χ2v) is 19.9. The van der Waals surface area contributed by atoms with Crippen molar-refractivity contribution in [1.29, 1.82) is 0 Å². The summed E-state index contributed by atoms with van der Waals surface area (Å²) in [5.41, 5.74) is 0.769. The van der Waals surface area contributed by atoms with Crippen molar-refractivity contribution in [2.24, 2.45) is 5.92 Å². The number of fused-ring (bicyclic) bond motifs is 3. The van der Waals surface area contributed by atoms with Gasteiger partial charge in [0.25, 0.3) is 11.8 Å². The lowest BCUT2D eigenvalue weighted by Crippen LogP contribution is -2.55. The highest BCUT2D eigenvalue weighted by Crippen LogP contribution is 2.43. The van der Waals surface area contributed by atoms with Crippen molar-refractivity contribution >= 4 is 31.9 Å². The largest absolute Gasteiger partial charge is 0.491 e. The van der Waals surface area contributed by atoms with Crippen LogP contribution in [-0.2, 0) is 25.6 Å². The first kappa shape index (κ1) is 30.5. The summed E-state index contributed by atoms with van der Waals surface area (Å²) in [7, 11) is -1.30. The number of amides is 4. The van der Waals surface area contributed by atoms with E-state index in [0.29, 0.717) is 36.9 Å². The number of piperidine rings is 2. The second-order valence-electron chi connectivity index (χ2n) is 14.3. The lowest BCUT2D eigenvalue weighted by molar-refractivity contribution is -0.158. The summed E-state index contributed by atoms with van der Waals surface area (Å²) in [5, 5.41) is 0. The van der Waals surface area contributed by atoms with Gasteiger partial charge in [-0.15, -0.1) is 0 Å². The predicted octanol–water partition coefficient (Wildman–Crippen LogP) is 4.64. The molecule has 3 aliphatic heterocycles. The second kappa shape index (κ2) is 11.6. The topological polar surface area (TPSA) is 106 Å². The van der Waals surface area contributed by atoms with Crippen LogP contribution in [0.3, 0.4) is 0 Å². The van der Waals surface area contributed by atoms with Gasteiger partial charge in [0.2, 0.25) is 5.91 Å². The quantitative estimate of drug-likeness (QED) is 0.231.